The van der Waals surface area contributed by atoms with Crippen LogP contribution in [0.2, 0.25) is 0 Å². The number of carbonyl (C=O) groups excluding carboxylic acids is 1. The van der Waals surface area contributed by atoms with Gasteiger partial charge in [0.15, 0.2) is 0 Å². The third-order valence-electron chi connectivity index (χ3n) is 4.60. The van der Waals surface area contributed by atoms with E-state index < -0.39 is 0 Å². The van der Waals surface area contributed by atoms with Crippen molar-refractivity contribution in [2.45, 2.75) is 6.42 Å². The highest BCUT2D eigenvalue weighted by Gasteiger charge is 2.20. The summed E-state index contributed by atoms with van der Waals surface area (Å²) in [7, 11) is 0. The van der Waals surface area contributed by atoms with Gasteiger partial charge in [-0.15, -0.1) is 0 Å². The molecule has 0 aliphatic carbocycles. The van der Waals surface area contributed by atoms with Crippen molar-refractivity contribution >= 4 is 5.91 Å². The molecule has 4 heteroatoms. The summed E-state index contributed by atoms with van der Waals surface area (Å²) < 4.78 is 11.5. The van der Waals surface area contributed by atoms with E-state index >= 15 is 0 Å². The molecule has 1 aliphatic rings. The Morgan fingerprint density at radius 2 is 1.63 bits per heavy atom. The van der Waals surface area contributed by atoms with Gasteiger partial charge in [0.25, 0.3) is 5.91 Å². The number of para-hydroxylation sites is 2. The zero-order chi connectivity index (χ0) is 18.5. The van der Waals surface area contributed by atoms with Gasteiger partial charge in [-0.3, -0.25) is 4.79 Å². The zero-order valence-electron chi connectivity index (χ0n) is 14.9. The summed E-state index contributed by atoms with van der Waals surface area (Å²) >= 11 is 0. The third-order valence-corrected chi connectivity index (χ3v) is 4.60. The second kappa shape index (κ2) is 7.96. The number of fused-ring (bicyclic) bond motifs is 1. The van der Waals surface area contributed by atoms with Gasteiger partial charge < -0.3 is 14.8 Å². The summed E-state index contributed by atoms with van der Waals surface area (Å²) in [6, 6.07) is 24.8. The van der Waals surface area contributed by atoms with Crippen LogP contribution >= 0.6 is 0 Å². The predicted octanol–water partition coefficient (Wildman–Crippen LogP) is 4.46. The molecule has 1 N–H and O–H groups in total. The van der Waals surface area contributed by atoms with Crippen molar-refractivity contribution in [1.29, 1.82) is 0 Å². The number of nitrogens with one attached hydrogen (secondary N) is 1. The molecule has 27 heavy (non-hydrogen) atoms. The van der Waals surface area contributed by atoms with E-state index in [1.165, 1.54) is 5.56 Å². The third kappa shape index (κ3) is 4.29. The van der Waals surface area contributed by atoms with E-state index in [9.17, 15) is 4.79 Å². The lowest BCUT2D eigenvalue weighted by Gasteiger charge is -2.25. The number of benzene rings is 3. The minimum atomic E-state index is -0.0832. The van der Waals surface area contributed by atoms with Crippen LogP contribution in [0.25, 0.3) is 0 Å². The Kier molecular flexibility index (Phi) is 5.06. The van der Waals surface area contributed by atoms with Crippen LogP contribution in [0.4, 0.5) is 0 Å². The highest BCUT2D eigenvalue weighted by molar-refractivity contribution is 5.94. The van der Waals surface area contributed by atoms with Crippen molar-refractivity contribution in [3.8, 4) is 17.2 Å². The molecule has 0 aromatic heterocycles. The second-order valence-electron chi connectivity index (χ2n) is 6.64. The summed E-state index contributed by atoms with van der Waals surface area (Å²) in [4.78, 5) is 12.4. The summed E-state index contributed by atoms with van der Waals surface area (Å²) in [5, 5.41) is 3.01. The minimum absolute atomic E-state index is 0.0832. The van der Waals surface area contributed by atoms with Gasteiger partial charge in [0.2, 0.25) is 0 Å². The summed E-state index contributed by atoms with van der Waals surface area (Å²) in [6.45, 7) is 1.22. The largest absolute Gasteiger partial charge is 0.493 e. The van der Waals surface area contributed by atoms with Crippen LogP contribution in [0.5, 0.6) is 17.2 Å². The highest BCUT2D eigenvalue weighted by atomic mass is 16.5. The summed E-state index contributed by atoms with van der Waals surface area (Å²) in [5.41, 5.74) is 1.82. The van der Waals surface area contributed by atoms with E-state index in [2.05, 4.69) is 11.4 Å². The normalized spacial score (nSPS) is 15.3. The maximum Gasteiger partial charge on any atom is 0.251 e. The fraction of sp³-hybridized carbons (Fsp3) is 0.174. The molecule has 0 fully saturated rings. The van der Waals surface area contributed by atoms with Crippen molar-refractivity contribution in [2.75, 3.05) is 13.2 Å². The summed E-state index contributed by atoms with van der Waals surface area (Å²) in [6.07, 6.45) is 0.917. The number of hydrogen-bond acceptors (Lipinski definition) is 3. The predicted molar refractivity (Wildman–Crippen MR) is 104 cm³/mol. The molecule has 1 unspecified atom stereocenters. The molecule has 1 aliphatic heterocycles. The standard InChI is InChI=1S/C23H21NO3/c25-23(24-15-17-14-19-6-4-5-9-22(19)26-16-17)18-10-12-21(13-11-18)27-20-7-2-1-3-8-20/h1-13,17H,14-16H2,(H,24,25). The molecule has 1 heterocycles. The number of carbonyl (C=O) groups is 1. The van der Waals surface area contributed by atoms with Gasteiger partial charge in [-0.25, -0.2) is 0 Å². The molecule has 1 amide bonds. The van der Waals surface area contributed by atoms with E-state index in [0.717, 1.165) is 17.9 Å². The van der Waals surface area contributed by atoms with Crippen molar-refractivity contribution in [1.82, 2.24) is 5.32 Å². The van der Waals surface area contributed by atoms with Crippen LogP contribution in [-0.2, 0) is 6.42 Å². The number of amides is 1. The molecule has 4 nitrogen and oxygen atoms in total. The Balaban J connectivity index is 1.31. The van der Waals surface area contributed by atoms with E-state index in [1.807, 2.05) is 60.7 Å². The topological polar surface area (TPSA) is 47.6 Å². The first-order valence-corrected chi connectivity index (χ1v) is 9.10. The first-order valence-electron chi connectivity index (χ1n) is 9.10. The molecule has 3 aromatic rings. The van der Waals surface area contributed by atoms with E-state index in [1.54, 1.807) is 12.1 Å². The Morgan fingerprint density at radius 1 is 0.926 bits per heavy atom. The molecule has 4 rings (SSSR count). The smallest absolute Gasteiger partial charge is 0.251 e. The molecule has 0 saturated heterocycles. The molecule has 136 valence electrons. The van der Waals surface area contributed by atoms with Crippen molar-refractivity contribution in [3.63, 3.8) is 0 Å². The van der Waals surface area contributed by atoms with E-state index in [0.29, 0.717) is 24.5 Å². The fourth-order valence-corrected chi connectivity index (χ4v) is 3.16. The molecule has 1 atom stereocenters. The Labute approximate surface area is 158 Å². The average molecular weight is 359 g/mol. The summed E-state index contributed by atoms with van der Waals surface area (Å²) in [5.74, 6) is 2.63. The van der Waals surface area contributed by atoms with Crippen LogP contribution < -0.4 is 14.8 Å². The lowest BCUT2D eigenvalue weighted by Crippen LogP contribution is -2.34. The first kappa shape index (κ1) is 17.2. The Morgan fingerprint density at radius 3 is 2.44 bits per heavy atom. The van der Waals surface area contributed by atoms with Gasteiger partial charge in [-0.1, -0.05) is 36.4 Å². The quantitative estimate of drug-likeness (QED) is 0.732. The van der Waals surface area contributed by atoms with Crippen LogP contribution in [0, 0.1) is 5.92 Å². The molecule has 0 spiro atoms. The molecular weight excluding hydrogens is 338 g/mol. The maximum atomic E-state index is 12.4. The second-order valence-corrected chi connectivity index (χ2v) is 6.64. The van der Waals surface area contributed by atoms with Crippen LogP contribution in [0.1, 0.15) is 15.9 Å². The van der Waals surface area contributed by atoms with Gasteiger partial charge in [0, 0.05) is 18.0 Å². The highest BCUT2D eigenvalue weighted by Crippen LogP contribution is 2.26. The number of hydrogen-bond donors (Lipinski definition) is 1. The van der Waals surface area contributed by atoms with Gasteiger partial charge in [-0.05, 0) is 54.4 Å². The molecule has 3 aromatic carbocycles. The van der Waals surface area contributed by atoms with Gasteiger partial charge in [0.05, 0.1) is 6.61 Å². The Bertz CT molecular complexity index is 906. The fourth-order valence-electron chi connectivity index (χ4n) is 3.16. The Hall–Kier alpha value is -3.27. The first-order chi connectivity index (χ1) is 13.3. The van der Waals surface area contributed by atoms with Crippen LogP contribution in [0.15, 0.2) is 78.9 Å². The maximum absolute atomic E-state index is 12.4. The SMILES string of the molecule is O=C(NCC1COc2ccccc2C1)c1ccc(Oc2ccccc2)cc1. The molecule has 0 saturated carbocycles. The molecular formula is C23H21NO3. The molecule has 0 bridgehead atoms. The van der Waals surface area contributed by atoms with Gasteiger partial charge in [0.1, 0.15) is 17.2 Å². The lowest BCUT2D eigenvalue weighted by atomic mass is 9.96. The van der Waals surface area contributed by atoms with Crippen molar-refractivity contribution in [3.05, 3.63) is 90.0 Å². The van der Waals surface area contributed by atoms with Crippen molar-refractivity contribution in [2.24, 2.45) is 5.92 Å². The number of rotatable bonds is 5. The van der Waals surface area contributed by atoms with E-state index in [-0.39, 0.29) is 11.8 Å². The van der Waals surface area contributed by atoms with Crippen LogP contribution in [0.3, 0.4) is 0 Å². The van der Waals surface area contributed by atoms with Gasteiger partial charge in [-0.2, -0.15) is 0 Å². The van der Waals surface area contributed by atoms with Crippen molar-refractivity contribution < 1.29 is 14.3 Å². The monoisotopic (exact) mass is 359 g/mol. The van der Waals surface area contributed by atoms with Gasteiger partial charge >= 0.3 is 0 Å². The van der Waals surface area contributed by atoms with Crippen LogP contribution in [-0.4, -0.2) is 19.1 Å². The zero-order valence-corrected chi connectivity index (χ0v) is 14.9. The number of ether oxygens (including phenoxy) is 2. The lowest BCUT2D eigenvalue weighted by molar-refractivity contribution is 0.0939. The average Bonchev–Trinajstić information content (AvgIpc) is 2.73. The molecule has 0 radical (unpaired) electrons. The minimum Gasteiger partial charge on any atom is -0.493 e. The van der Waals surface area contributed by atoms with E-state index in [4.69, 9.17) is 9.47 Å².